The molecule has 5 rings (SSSR count). The molecule has 1 saturated heterocycles. The maximum Gasteiger partial charge on any atom is 0.305 e. The Hall–Kier alpha value is -4.74. The highest BCUT2D eigenvalue weighted by Crippen LogP contribution is 2.43. The Morgan fingerprint density at radius 1 is 1.24 bits per heavy atom. The van der Waals surface area contributed by atoms with Gasteiger partial charge in [-0.15, -0.1) is 0 Å². The Morgan fingerprint density at radius 3 is 2.72 bits per heavy atom. The molecule has 13 nitrogen and oxygen atoms in total. The number of benzene rings is 2. The quantitative estimate of drug-likeness (QED) is 0.108. The molecular weight excluding hydrogens is 594 g/mol. The molecule has 0 unspecified atom stereocenters. The van der Waals surface area contributed by atoms with Gasteiger partial charge in [-0.2, -0.15) is 5.26 Å². The minimum Gasteiger partial charge on any atom is -0.493 e. The van der Waals surface area contributed by atoms with Crippen LogP contribution >= 0.6 is 0 Å². The minimum absolute atomic E-state index is 0.0138. The van der Waals surface area contributed by atoms with E-state index >= 15 is 0 Å². The van der Waals surface area contributed by atoms with Crippen LogP contribution in [0.25, 0.3) is 22.2 Å². The summed E-state index contributed by atoms with van der Waals surface area (Å²) in [4.78, 5) is 31.3. The van der Waals surface area contributed by atoms with Crippen molar-refractivity contribution < 1.29 is 34.3 Å². The molecule has 0 aliphatic carbocycles. The number of aliphatic hydroxyl groups excluding tert-OH is 2. The zero-order valence-electron chi connectivity index (χ0n) is 25.6. The van der Waals surface area contributed by atoms with E-state index in [0.717, 1.165) is 16.7 Å². The Bertz CT molecular complexity index is 1780. The number of nitrogens with zero attached hydrogens (tertiary/aromatic N) is 3. The van der Waals surface area contributed by atoms with Gasteiger partial charge >= 0.3 is 5.97 Å². The van der Waals surface area contributed by atoms with Crippen LogP contribution < -0.4 is 15.6 Å². The normalized spacial score (nSPS) is 20.8. The van der Waals surface area contributed by atoms with Gasteiger partial charge in [0, 0.05) is 18.5 Å². The maximum absolute atomic E-state index is 12.9. The number of ether oxygens (including phenoxy) is 3. The first-order valence-corrected chi connectivity index (χ1v) is 15.1. The number of nitriles is 1. The second kappa shape index (κ2) is 14.1. The number of carbonyl (C=O) groups is 1. The summed E-state index contributed by atoms with van der Waals surface area (Å²) in [7, 11) is 0. The Morgan fingerprint density at radius 2 is 2.02 bits per heavy atom. The number of unbranched alkanes of at least 4 members (excludes halogenated alkanes) is 1. The molecule has 1 fully saturated rings. The number of fused-ring (bicyclic) bond motifs is 1. The van der Waals surface area contributed by atoms with E-state index in [1.54, 1.807) is 6.92 Å². The van der Waals surface area contributed by atoms with Crippen molar-refractivity contribution >= 4 is 22.8 Å². The van der Waals surface area contributed by atoms with Gasteiger partial charge in [0.05, 0.1) is 26.1 Å². The summed E-state index contributed by atoms with van der Waals surface area (Å²) in [6.45, 7) is 3.45. The second-order valence-electron chi connectivity index (χ2n) is 11.2. The van der Waals surface area contributed by atoms with Crippen molar-refractivity contribution in [1.82, 2.24) is 14.5 Å². The second-order valence-corrected chi connectivity index (χ2v) is 11.2. The fraction of sp³-hybridized carbons (Fsp3) is 0.394. The molecule has 242 valence electrons. The van der Waals surface area contributed by atoms with E-state index in [1.807, 2.05) is 48.5 Å². The largest absolute Gasteiger partial charge is 0.493 e. The minimum atomic E-state index is -1.90. The molecule has 0 amide bonds. The van der Waals surface area contributed by atoms with Crippen LogP contribution in [0.3, 0.4) is 0 Å². The van der Waals surface area contributed by atoms with Crippen LogP contribution in [0, 0.1) is 11.3 Å². The number of aliphatic hydroxyl groups is 3. The molecule has 13 heteroatoms. The number of anilines is 1. The third kappa shape index (κ3) is 6.47. The van der Waals surface area contributed by atoms with E-state index in [4.69, 9.17) is 14.2 Å². The third-order valence-corrected chi connectivity index (χ3v) is 8.00. The van der Waals surface area contributed by atoms with Crippen LogP contribution in [0.5, 0.6) is 5.75 Å². The fourth-order valence-corrected chi connectivity index (χ4v) is 5.64. The number of esters is 1. The summed E-state index contributed by atoms with van der Waals surface area (Å²) in [5.74, 6) is 0.529. The highest BCUT2D eigenvalue weighted by atomic mass is 16.6. The van der Waals surface area contributed by atoms with Gasteiger partial charge in [0.1, 0.15) is 46.4 Å². The monoisotopic (exact) mass is 631 g/mol. The number of hydrogen-bond acceptors (Lipinski definition) is 11. The van der Waals surface area contributed by atoms with Gasteiger partial charge in [-0.1, -0.05) is 42.5 Å². The van der Waals surface area contributed by atoms with E-state index in [0.29, 0.717) is 38.2 Å². The molecule has 3 heterocycles. The van der Waals surface area contributed by atoms with Crippen LogP contribution in [-0.2, 0) is 20.8 Å². The van der Waals surface area contributed by atoms with E-state index in [-0.39, 0.29) is 34.9 Å². The van der Waals surface area contributed by atoms with Crippen molar-refractivity contribution in [2.24, 2.45) is 0 Å². The molecule has 1 aliphatic heterocycles. The number of H-pyrrole nitrogens is 1. The molecule has 0 saturated carbocycles. The molecule has 0 radical (unpaired) electrons. The summed E-state index contributed by atoms with van der Waals surface area (Å²) in [5, 5.41) is 45.1. The standard InChI is InChI=1S/C33H37N5O8/c1-3-44-26(40)11-7-8-14-45-24-15-20(12-13-22(24)21-9-5-4-6-10-21)17-35-29-23(16-34)27-30(36-19-37-31(27)42)38(29)32-33(2,43)28(41)25(18-39)46-32/h4-6,9-10,12-13,15,19,25,28,32,35,39,41,43H,3,7-8,11,14,17-18H2,1-2H3,(H,36,37,42)/t25-,28-,32-,33-/m1/s1. The predicted molar refractivity (Wildman–Crippen MR) is 168 cm³/mol. The average Bonchev–Trinajstić information content (AvgIpc) is 3.49. The molecule has 2 aromatic heterocycles. The predicted octanol–water partition coefficient (Wildman–Crippen LogP) is 2.99. The topological polar surface area (TPSA) is 192 Å². The van der Waals surface area contributed by atoms with Crippen molar-refractivity contribution in [2.75, 3.05) is 25.1 Å². The Labute approximate surface area is 265 Å². The van der Waals surface area contributed by atoms with E-state index in [2.05, 4.69) is 21.4 Å². The van der Waals surface area contributed by atoms with Crippen molar-refractivity contribution in [3.05, 3.63) is 76.3 Å². The molecule has 0 bridgehead atoms. The van der Waals surface area contributed by atoms with Crippen molar-refractivity contribution in [3.63, 3.8) is 0 Å². The van der Waals surface area contributed by atoms with Gasteiger partial charge in [-0.3, -0.25) is 14.2 Å². The number of rotatable bonds is 13. The van der Waals surface area contributed by atoms with E-state index in [1.165, 1.54) is 17.8 Å². The molecular formula is C33H37N5O8. The maximum atomic E-state index is 12.9. The summed E-state index contributed by atoms with van der Waals surface area (Å²) in [6, 6.07) is 17.5. The molecule has 46 heavy (non-hydrogen) atoms. The lowest BCUT2D eigenvalue weighted by atomic mass is 9.96. The summed E-state index contributed by atoms with van der Waals surface area (Å²) in [5.41, 5.74) is 0.172. The smallest absolute Gasteiger partial charge is 0.305 e. The summed E-state index contributed by atoms with van der Waals surface area (Å²) in [6.07, 6.45) is -1.11. The highest BCUT2D eigenvalue weighted by molar-refractivity contribution is 5.89. The average molecular weight is 632 g/mol. The van der Waals surface area contributed by atoms with Gasteiger partial charge < -0.3 is 39.8 Å². The van der Waals surface area contributed by atoms with Crippen LogP contribution in [-0.4, -0.2) is 73.5 Å². The van der Waals surface area contributed by atoms with Gasteiger partial charge in [-0.05, 0) is 43.9 Å². The van der Waals surface area contributed by atoms with Crippen LogP contribution in [0.15, 0.2) is 59.7 Å². The van der Waals surface area contributed by atoms with Crippen molar-refractivity contribution in [3.8, 4) is 22.9 Å². The van der Waals surface area contributed by atoms with Gasteiger partial charge in [0.15, 0.2) is 11.9 Å². The Balaban J connectivity index is 1.46. The molecule has 2 aromatic carbocycles. The van der Waals surface area contributed by atoms with Crippen LogP contribution in [0.1, 0.15) is 50.5 Å². The van der Waals surface area contributed by atoms with E-state index < -0.39 is 36.2 Å². The number of hydrogen-bond donors (Lipinski definition) is 5. The lowest BCUT2D eigenvalue weighted by Crippen LogP contribution is -2.44. The molecule has 0 spiro atoms. The van der Waals surface area contributed by atoms with Gasteiger partial charge in [-0.25, -0.2) is 4.98 Å². The van der Waals surface area contributed by atoms with Crippen LogP contribution in [0.4, 0.5) is 5.82 Å². The molecule has 4 aromatic rings. The summed E-state index contributed by atoms with van der Waals surface area (Å²) < 4.78 is 18.4. The van der Waals surface area contributed by atoms with Crippen molar-refractivity contribution in [1.29, 1.82) is 5.26 Å². The number of aromatic amines is 1. The zero-order chi connectivity index (χ0) is 32.8. The Kier molecular flexibility index (Phi) is 10.0. The lowest BCUT2D eigenvalue weighted by molar-refractivity contribution is -0.143. The third-order valence-electron chi connectivity index (χ3n) is 8.00. The highest BCUT2D eigenvalue weighted by Gasteiger charge is 2.54. The first kappa shape index (κ1) is 32.6. The van der Waals surface area contributed by atoms with Crippen LogP contribution in [0.2, 0.25) is 0 Å². The number of aromatic nitrogens is 3. The first-order valence-electron chi connectivity index (χ1n) is 15.1. The lowest BCUT2D eigenvalue weighted by Gasteiger charge is -2.29. The molecule has 1 aliphatic rings. The fourth-order valence-electron chi connectivity index (χ4n) is 5.64. The molecule has 4 atom stereocenters. The van der Waals surface area contributed by atoms with E-state index in [9.17, 15) is 30.2 Å². The number of nitrogens with one attached hydrogen (secondary N) is 2. The number of carbonyl (C=O) groups excluding carboxylic acids is 1. The van der Waals surface area contributed by atoms with Crippen molar-refractivity contribution in [2.45, 2.75) is 63.7 Å². The molecule has 5 N–H and O–H groups in total. The zero-order valence-corrected chi connectivity index (χ0v) is 25.6. The first-order chi connectivity index (χ1) is 22.2. The summed E-state index contributed by atoms with van der Waals surface area (Å²) >= 11 is 0. The van der Waals surface area contributed by atoms with Gasteiger partial charge in [0.25, 0.3) is 5.56 Å². The van der Waals surface area contributed by atoms with Gasteiger partial charge in [0.2, 0.25) is 0 Å². The SMILES string of the molecule is CCOC(=O)CCCCOc1cc(CNc2c(C#N)c3c(=O)[nH]cnc3n2[C@@H]2O[C@H](CO)[C@@H](O)[C@@]2(C)O)ccc1-c1ccccc1.